The molecule has 0 bridgehead atoms. The second-order valence-electron chi connectivity index (χ2n) is 4.46. The molecule has 3 aromatic rings. The van der Waals surface area contributed by atoms with Crippen molar-refractivity contribution in [1.82, 2.24) is 4.98 Å². The van der Waals surface area contributed by atoms with Crippen LogP contribution in [0.25, 0.3) is 10.6 Å². The summed E-state index contributed by atoms with van der Waals surface area (Å²) in [6.45, 7) is 0. The number of benzene rings is 2. The van der Waals surface area contributed by atoms with E-state index in [1.807, 2.05) is 0 Å². The highest BCUT2D eigenvalue weighted by Gasteiger charge is 2.18. The average molecular weight is 334 g/mol. The topological polar surface area (TPSA) is 59.1 Å². The Bertz CT molecular complexity index is 875. The third-order valence-corrected chi connectivity index (χ3v) is 5.76. The number of nitrogens with zero attached hydrogens (tertiary/aromatic N) is 1. The molecule has 0 radical (unpaired) electrons. The normalized spacial score (nSPS) is 11.3. The van der Waals surface area contributed by atoms with E-state index in [9.17, 15) is 12.8 Å². The molecule has 1 aromatic heterocycles. The maximum absolute atomic E-state index is 12.9. The summed E-state index contributed by atoms with van der Waals surface area (Å²) in [7, 11) is -3.68. The van der Waals surface area contributed by atoms with Crippen molar-refractivity contribution < 1.29 is 12.8 Å². The molecule has 2 aromatic carbocycles. The number of thiazole rings is 1. The zero-order valence-corrected chi connectivity index (χ0v) is 12.9. The van der Waals surface area contributed by atoms with Crippen LogP contribution >= 0.6 is 11.3 Å². The third-order valence-electron chi connectivity index (χ3n) is 2.87. The Morgan fingerprint density at radius 3 is 2.36 bits per heavy atom. The Balaban J connectivity index is 1.88. The number of rotatable bonds is 4. The minimum Gasteiger partial charge on any atom is -0.279 e. The molecular formula is C15H11FN2O2S2. The van der Waals surface area contributed by atoms with Gasteiger partial charge in [-0.3, -0.25) is 4.72 Å². The number of sulfonamides is 1. The van der Waals surface area contributed by atoms with E-state index in [0.717, 1.165) is 11.3 Å². The number of hydrogen-bond donors (Lipinski definition) is 1. The fraction of sp³-hybridized carbons (Fsp3) is 0. The Morgan fingerprint density at radius 2 is 1.68 bits per heavy atom. The highest BCUT2D eigenvalue weighted by Crippen LogP contribution is 2.29. The molecule has 0 amide bonds. The maximum atomic E-state index is 12.9. The number of halogens is 1. The van der Waals surface area contributed by atoms with E-state index in [-0.39, 0.29) is 10.0 Å². The lowest BCUT2D eigenvalue weighted by atomic mass is 10.2. The monoisotopic (exact) mass is 334 g/mol. The molecule has 3 rings (SSSR count). The van der Waals surface area contributed by atoms with Gasteiger partial charge in [0.25, 0.3) is 10.0 Å². The lowest BCUT2D eigenvalue weighted by Gasteiger charge is -2.04. The molecule has 0 fully saturated rings. The highest BCUT2D eigenvalue weighted by atomic mass is 32.2. The summed E-state index contributed by atoms with van der Waals surface area (Å²) >= 11 is 1.03. The molecule has 0 saturated heterocycles. The van der Waals surface area contributed by atoms with E-state index in [2.05, 4.69) is 9.71 Å². The molecule has 0 spiro atoms. The van der Waals surface area contributed by atoms with Crippen molar-refractivity contribution in [3.8, 4) is 10.6 Å². The van der Waals surface area contributed by atoms with Gasteiger partial charge < -0.3 is 0 Å². The zero-order valence-electron chi connectivity index (χ0n) is 11.2. The molecule has 4 nitrogen and oxygen atoms in total. The van der Waals surface area contributed by atoms with Crippen molar-refractivity contribution in [2.24, 2.45) is 0 Å². The van der Waals surface area contributed by atoms with Crippen LogP contribution in [0, 0.1) is 5.82 Å². The van der Waals surface area contributed by atoms with Gasteiger partial charge in [-0.2, -0.15) is 0 Å². The average Bonchev–Trinajstić information content (AvgIpc) is 2.99. The summed E-state index contributed by atoms with van der Waals surface area (Å²) in [5, 5.41) is 0.522. The van der Waals surface area contributed by atoms with Gasteiger partial charge in [0.2, 0.25) is 0 Å². The van der Waals surface area contributed by atoms with Crippen molar-refractivity contribution in [3.63, 3.8) is 0 Å². The number of para-hydroxylation sites is 1. The molecule has 0 aliphatic rings. The van der Waals surface area contributed by atoms with Crippen molar-refractivity contribution >= 4 is 27.0 Å². The predicted octanol–water partition coefficient (Wildman–Crippen LogP) is 3.75. The largest absolute Gasteiger partial charge is 0.279 e. The SMILES string of the molecule is O=S(=O)(Nc1ccccc1)c1cnc(-c2ccc(F)cc2)s1. The van der Waals surface area contributed by atoms with Crippen molar-refractivity contribution in [2.45, 2.75) is 4.21 Å². The first kappa shape index (κ1) is 14.7. The minimum atomic E-state index is -3.68. The molecule has 7 heteroatoms. The highest BCUT2D eigenvalue weighted by molar-refractivity contribution is 7.94. The van der Waals surface area contributed by atoms with Crippen LogP contribution < -0.4 is 4.72 Å². The Labute approximate surface area is 131 Å². The van der Waals surface area contributed by atoms with E-state index in [0.29, 0.717) is 16.3 Å². The lowest BCUT2D eigenvalue weighted by molar-refractivity contribution is 0.603. The molecule has 1 heterocycles. The Kier molecular flexibility index (Phi) is 3.91. The van der Waals surface area contributed by atoms with Gasteiger partial charge in [0.15, 0.2) is 4.21 Å². The lowest BCUT2D eigenvalue weighted by Crippen LogP contribution is -2.11. The van der Waals surface area contributed by atoms with Gasteiger partial charge in [-0.15, -0.1) is 11.3 Å². The van der Waals surface area contributed by atoms with Crippen LogP contribution in [0.4, 0.5) is 10.1 Å². The fourth-order valence-corrected chi connectivity index (χ4v) is 4.02. The first-order valence-corrected chi connectivity index (χ1v) is 8.64. The van der Waals surface area contributed by atoms with E-state index in [1.165, 1.54) is 18.3 Å². The van der Waals surface area contributed by atoms with Crippen LogP contribution in [0.2, 0.25) is 0 Å². The van der Waals surface area contributed by atoms with Crippen LogP contribution in [0.1, 0.15) is 0 Å². The summed E-state index contributed by atoms with van der Waals surface area (Å²) in [4.78, 5) is 4.10. The maximum Gasteiger partial charge on any atom is 0.273 e. The van der Waals surface area contributed by atoms with Gasteiger partial charge in [-0.1, -0.05) is 18.2 Å². The van der Waals surface area contributed by atoms with Crippen LogP contribution in [0.15, 0.2) is 65.0 Å². The molecule has 0 aliphatic heterocycles. The van der Waals surface area contributed by atoms with Crippen LogP contribution in [-0.2, 0) is 10.0 Å². The number of nitrogens with one attached hydrogen (secondary N) is 1. The molecule has 0 aliphatic carbocycles. The molecule has 112 valence electrons. The molecule has 0 unspecified atom stereocenters. The first-order valence-electron chi connectivity index (χ1n) is 6.34. The van der Waals surface area contributed by atoms with Gasteiger partial charge in [-0.25, -0.2) is 17.8 Å². The Morgan fingerprint density at radius 1 is 1.00 bits per heavy atom. The zero-order chi connectivity index (χ0) is 15.6. The van der Waals surface area contributed by atoms with E-state index in [4.69, 9.17) is 0 Å². The van der Waals surface area contributed by atoms with Gasteiger partial charge >= 0.3 is 0 Å². The summed E-state index contributed by atoms with van der Waals surface area (Å²) in [6.07, 6.45) is 1.30. The standard InChI is InChI=1S/C15H11FN2O2S2/c16-12-8-6-11(7-9-12)15-17-10-14(21-15)22(19,20)18-13-4-2-1-3-5-13/h1-10,18H. The van der Waals surface area contributed by atoms with Crippen molar-refractivity contribution in [2.75, 3.05) is 4.72 Å². The second kappa shape index (κ2) is 5.86. The molecule has 22 heavy (non-hydrogen) atoms. The molecule has 0 saturated carbocycles. The molecule has 0 atom stereocenters. The number of aromatic nitrogens is 1. The smallest absolute Gasteiger partial charge is 0.273 e. The molecule has 1 N–H and O–H groups in total. The van der Waals surface area contributed by atoms with Crippen LogP contribution in [0.5, 0.6) is 0 Å². The minimum absolute atomic E-state index is 0.107. The second-order valence-corrected chi connectivity index (χ2v) is 7.40. The van der Waals surface area contributed by atoms with Crippen molar-refractivity contribution in [1.29, 1.82) is 0 Å². The fourth-order valence-electron chi connectivity index (χ4n) is 1.82. The van der Waals surface area contributed by atoms with Gasteiger partial charge in [0.1, 0.15) is 10.8 Å². The summed E-state index contributed by atoms with van der Waals surface area (Å²) < 4.78 is 40.1. The summed E-state index contributed by atoms with van der Waals surface area (Å²) in [5.74, 6) is -0.348. The van der Waals surface area contributed by atoms with Crippen molar-refractivity contribution in [3.05, 3.63) is 66.6 Å². The molecular weight excluding hydrogens is 323 g/mol. The van der Waals surface area contributed by atoms with Gasteiger partial charge in [0, 0.05) is 11.3 Å². The third kappa shape index (κ3) is 3.15. The van der Waals surface area contributed by atoms with Crippen LogP contribution in [0.3, 0.4) is 0 Å². The summed E-state index contributed by atoms with van der Waals surface area (Å²) in [5.41, 5.74) is 1.16. The van der Waals surface area contributed by atoms with Crippen LogP contribution in [-0.4, -0.2) is 13.4 Å². The number of hydrogen-bond acceptors (Lipinski definition) is 4. The van der Waals surface area contributed by atoms with E-state index < -0.39 is 10.0 Å². The predicted molar refractivity (Wildman–Crippen MR) is 84.8 cm³/mol. The quantitative estimate of drug-likeness (QED) is 0.790. The van der Waals surface area contributed by atoms with Gasteiger partial charge in [0.05, 0.1) is 6.20 Å². The Hall–Kier alpha value is -2.25. The number of anilines is 1. The van der Waals surface area contributed by atoms with Gasteiger partial charge in [-0.05, 0) is 36.4 Å². The van der Waals surface area contributed by atoms with E-state index in [1.54, 1.807) is 42.5 Å². The first-order chi connectivity index (χ1) is 10.5. The summed E-state index contributed by atoms with van der Waals surface area (Å²) in [6, 6.07) is 14.4. The van der Waals surface area contributed by atoms with E-state index >= 15 is 0 Å².